The highest BCUT2D eigenvalue weighted by molar-refractivity contribution is 5.43. The number of hydrogen-bond acceptors (Lipinski definition) is 3. The summed E-state index contributed by atoms with van der Waals surface area (Å²) in [6.07, 6.45) is 0.534. The zero-order valence-corrected chi connectivity index (χ0v) is 14.2. The Kier molecular flexibility index (Phi) is 6.15. The quantitative estimate of drug-likeness (QED) is 0.830. The highest BCUT2D eigenvalue weighted by atomic mass is 19.1. The molecule has 3 nitrogen and oxygen atoms in total. The minimum absolute atomic E-state index is 0.00833. The van der Waals surface area contributed by atoms with E-state index >= 15 is 0 Å². The van der Waals surface area contributed by atoms with Crippen LogP contribution in [0, 0.1) is 11.6 Å². The van der Waals surface area contributed by atoms with Crippen LogP contribution in [-0.2, 0) is 6.42 Å². The van der Waals surface area contributed by atoms with Gasteiger partial charge in [0, 0.05) is 12.0 Å². The normalized spacial score (nSPS) is 12.3. The van der Waals surface area contributed by atoms with Crippen molar-refractivity contribution in [2.45, 2.75) is 32.3 Å². The summed E-state index contributed by atoms with van der Waals surface area (Å²) in [4.78, 5) is 0. The lowest BCUT2D eigenvalue weighted by molar-refractivity contribution is 0.230. The van der Waals surface area contributed by atoms with Crippen LogP contribution in [0.1, 0.15) is 30.9 Å². The van der Waals surface area contributed by atoms with Crippen LogP contribution in [0.15, 0.2) is 36.4 Å². The first-order chi connectivity index (χ1) is 11.4. The van der Waals surface area contributed by atoms with Crippen molar-refractivity contribution >= 4 is 0 Å². The number of benzene rings is 2. The summed E-state index contributed by atoms with van der Waals surface area (Å²) in [5, 5.41) is 0. The first-order valence-corrected chi connectivity index (χ1v) is 7.93. The molecule has 2 aromatic carbocycles. The molecular formula is C19H23F2NO2. The molecule has 0 aliphatic heterocycles. The van der Waals surface area contributed by atoms with E-state index in [-0.39, 0.29) is 18.6 Å². The van der Waals surface area contributed by atoms with E-state index in [4.69, 9.17) is 15.2 Å². The van der Waals surface area contributed by atoms with E-state index in [2.05, 4.69) is 0 Å². The van der Waals surface area contributed by atoms with E-state index in [0.29, 0.717) is 23.5 Å². The number of halogens is 2. The second-order valence-corrected chi connectivity index (χ2v) is 5.95. The van der Waals surface area contributed by atoms with E-state index in [1.54, 1.807) is 7.11 Å². The summed E-state index contributed by atoms with van der Waals surface area (Å²) in [6, 6.07) is 9.19. The van der Waals surface area contributed by atoms with E-state index < -0.39 is 11.6 Å². The van der Waals surface area contributed by atoms with Gasteiger partial charge in [0.05, 0.1) is 13.2 Å². The lowest BCUT2D eigenvalue weighted by Crippen LogP contribution is -2.16. The average molecular weight is 335 g/mol. The molecule has 0 aliphatic carbocycles. The first kappa shape index (κ1) is 18.2. The molecule has 0 amide bonds. The van der Waals surface area contributed by atoms with Crippen molar-refractivity contribution in [1.82, 2.24) is 0 Å². The van der Waals surface area contributed by atoms with Crippen LogP contribution in [0.4, 0.5) is 8.78 Å². The summed E-state index contributed by atoms with van der Waals surface area (Å²) < 4.78 is 38.2. The number of hydrogen-bond donors (Lipinski definition) is 1. The van der Waals surface area contributed by atoms with E-state index in [0.717, 1.165) is 11.6 Å². The van der Waals surface area contributed by atoms with Gasteiger partial charge >= 0.3 is 0 Å². The molecule has 130 valence electrons. The maximum Gasteiger partial charge on any atom is 0.161 e. The van der Waals surface area contributed by atoms with Gasteiger partial charge in [-0.2, -0.15) is 0 Å². The summed E-state index contributed by atoms with van der Waals surface area (Å²) in [5.74, 6) is -0.127. The minimum atomic E-state index is -0.593. The van der Waals surface area contributed by atoms with Gasteiger partial charge in [-0.15, -0.1) is 0 Å². The van der Waals surface area contributed by atoms with Gasteiger partial charge in [-0.05, 0) is 56.1 Å². The highest BCUT2D eigenvalue weighted by Crippen LogP contribution is 2.31. The summed E-state index contributed by atoms with van der Waals surface area (Å²) >= 11 is 0. The number of ether oxygens (including phenoxy) is 2. The Bertz CT molecular complexity index is 689. The van der Waals surface area contributed by atoms with Crippen molar-refractivity contribution < 1.29 is 18.3 Å². The van der Waals surface area contributed by atoms with Gasteiger partial charge in [0.1, 0.15) is 11.6 Å². The third-order valence-corrected chi connectivity index (χ3v) is 3.76. The molecule has 2 rings (SSSR count). The van der Waals surface area contributed by atoms with Crippen molar-refractivity contribution in [3.05, 3.63) is 59.2 Å². The monoisotopic (exact) mass is 335 g/mol. The molecular weight excluding hydrogens is 312 g/mol. The fourth-order valence-electron chi connectivity index (χ4n) is 2.63. The Morgan fingerprint density at radius 1 is 1.04 bits per heavy atom. The summed E-state index contributed by atoms with van der Waals surface area (Å²) in [7, 11) is 1.58. The van der Waals surface area contributed by atoms with Crippen molar-refractivity contribution in [1.29, 1.82) is 0 Å². The maximum atomic E-state index is 14.0. The van der Waals surface area contributed by atoms with Crippen molar-refractivity contribution in [3.63, 3.8) is 0 Å². The minimum Gasteiger partial charge on any atom is -0.493 e. The first-order valence-electron chi connectivity index (χ1n) is 7.93. The second kappa shape index (κ2) is 8.11. The molecule has 0 bridgehead atoms. The van der Waals surface area contributed by atoms with Crippen molar-refractivity contribution in [2.75, 3.05) is 13.7 Å². The molecule has 0 saturated carbocycles. The lowest BCUT2D eigenvalue weighted by atomic mass is 9.91. The Hall–Kier alpha value is -2.14. The van der Waals surface area contributed by atoms with E-state index in [9.17, 15) is 8.78 Å². The molecule has 0 spiro atoms. The number of methoxy groups -OCH3 is 1. The van der Waals surface area contributed by atoms with E-state index in [1.165, 1.54) is 12.1 Å². The molecule has 5 heteroatoms. The fourth-order valence-corrected chi connectivity index (χ4v) is 2.63. The molecule has 24 heavy (non-hydrogen) atoms. The predicted octanol–water partition coefficient (Wildman–Crippen LogP) is 4.05. The van der Waals surface area contributed by atoms with Gasteiger partial charge in [0.15, 0.2) is 11.5 Å². The topological polar surface area (TPSA) is 44.5 Å². The summed E-state index contributed by atoms with van der Waals surface area (Å²) in [6.45, 7) is 4.13. The van der Waals surface area contributed by atoms with Crippen molar-refractivity contribution in [2.24, 2.45) is 5.73 Å². The van der Waals surface area contributed by atoms with Crippen LogP contribution < -0.4 is 15.2 Å². The summed E-state index contributed by atoms with van der Waals surface area (Å²) in [5.41, 5.74) is 7.19. The van der Waals surface area contributed by atoms with Gasteiger partial charge in [0.25, 0.3) is 0 Å². The second-order valence-electron chi connectivity index (χ2n) is 5.95. The number of rotatable bonds is 7. The maximum absolute atomic E-state index is 14.0. The molecule has 0 heterocycles. The standard InChI is InChI=1S/C19H23F2NO2/c1-12(2)24-19-9-13(4-7-18(19)23-3)8-14(11-22)16-6-5-15(20)10-17(16)21/h4-7,9-10,12,14H,8,11,22H2,1-3H3. The van der Waals surface area contributed by atoms with Crippen LogP contribution in [-0.4, -0.2) is 19.8 Å². The van der Waals surface area contributed by atoms with Gasteiger partial charge in [-0.1, -0.05) is 12.1 Å². The molecule has 0 radical (unpaired) electrons. The Morgan fingerprint density at radius 2 is 1.79 bits per heavy atom. The third kappa shape index (κ3) is 4.45. The molecule has 1 atom stereocenters. The zero-order valence-electron chi connectivity index (χ0n) is 14.2. The highest BCUT2D eigenvalue weighted by Gasteiger charge is 2.17. The Labute approximate surface area is 141 Å². The molecule has 0 saturated heterocycles. The van der Waals surface area contributed by atoms with Crippen molar-refractivity contribution in [3.8, 4) is 11.5 Å². The molecule has 0 aromatic heterocycles. The largest absolute Gasteiger partial charge is 0.493 e. The van der Waals surface area contributed by atoms with Crippen LogP contribution in [0.2, 0.25) is 0 Å². The third-order valence-electron chi connectivity index (χ3n) is 3.76. The van der Waals surface area contributed by atoms with Gasteiger partial charge in [-0.3, -0.25) is 0 Å². The fraction of sp³-hybridized carbons (Fsp3) is 0.368. The van der Waals surface area contributed by atoms with Crippen LogP contribution in [0.5, 0.6) is 11.5 Å². The molecule has 2 aromatic rings. The van der Waals surface area contributed by atoms with Gasteiger partial charge < -0.3 is 15.2 Å². The predicted molar refractivity (Wildman–Crippen MR) is 90.6 cm³/mol. The van der Waals surface area contributed by atoms with E-state index in [1.807, 2.05) is 32.0 Å². The zero-order chi connectivity index (χ0) is 17.7. The van der Waals surface area contributed by atoms with Crippen LogP contribution >= 0.6 is 0 Å². The Balaban J connectivity index is 2.27. The van der Waals surface area contributed by atoms with Crippen LogP contribution in [0.25, 0.3) is 0 Å². The molecule has 0 fully saturated rings. The lowest BCUT2D eigenvalue weighted by Gasteiger charge is -2.18. The number of nitrogens with two attached hydrogens (primary N) is 1. The Morgan fingerprint density at radius 3 is 2.38 bits per heavy atom. The molecule has 2 N–H and O–H groups in total. The SMILES string of the molecule is COc1ccc(CC(CN)c2ccc(F)cc2F)cc1OC(C)C. The van der Waals surface area contributed by atoms with Crippen LogP contribution in [0.3, 0.4) is 0 Å². The molecule has 0 aliphatic rings. The average Bonchev–Trinajstić information content (AvgIpc) is 2.53. The smallest absolute Gasteiger partial charge is 0.161 e. The molecule has 1 unspecified atom stereocenters. The van der Waals surface area contributed by atoms with Gasteiger partial charge in [-0.25, -0.2) is 8.78 Å². The van der Waals surface area contributed by atoms with Gasteiger partial charge in [0.2, 0.25) is 0 Å².